The first kappa shape index (κ1) is 12.8. The average Bonchev–Trinajstić information content (AvgIpc) is 2.46. The molecule has 2 rings (SSSR count). The highest BCUT2D eigenvalue weighted by molar-refractivity contribution is 5.92. The number of ether oxygens (including phenoxy) is 1. The Bertz CT molecular complexity index is 552. The van der Waals surface area contributed by atoms with Gasteiger partial charge in [0.2, 0.25) is 5.91 Å². The quantitative estimate of drug-likeness (QED) is 0.840. The lowest BCUT2D eigenvalue weighted by Crippen LogP contribution is -2.10. The summed E-state index contributed by atoms with van der Waals surface area (Å²) in [5.74, 6) is 0.888. The predicted octanol–water partition coefficient (Wildman–Crippen LogP) is 1.20. The van der Waals surface area contributed by atoms with Gasteiger partial charge in [-0.1, -0.05) is 0 Å². The lowest BCUT2D eigenvalue weighted by Gasteiger charge is -2.06. The number of primary amides is 1. The number of amides is 1. The molecule has 1 amide bonds. The van der Waals surface area contributed by atoms with Gasteiger partial charge < -0.3 is 15.8 Å². The van der Waals surface area contributed by atoms with Crippen LogP contribution < -0.4 is 15.8 Å². The molecular formula is C13H14N4O2. The molecule has 0 aliphatic carbocycles. The number of nitrogens with two attached hydrogens (primary N) is 1. The zero-order chi connectivity index (χ0) is 13.7. The van der Waals surface area contributed by atoms with Crippen LogP contribution in [0.1, 0.15) is 16.1 Å². The van der Waals surface area contributed by atoms with Crippen molar-refractivity contribution >= 4 is 11.7 Å². The second kappa shape index (κ2) is 5.81. The van der Waals surface area contributed by atoms with Crippen molar-refractivity contribution in [2.45, 2.75) is 6.61 Å². The predicted molar refractivity (Wildman–Crippen MR) is 70.9 cm³/mol. The molecule has 1 aromatic carbocycles. The first-order valence-electron chi connectivity index (χ1n) is 5.70. The van der Waals surface area contributed by atoms with Gasteiger partial charge in [-0.15, -0.1) is 0 Å². The number of aromatic nitrogens is 2. The minimum Gasteiger partial charge on any atom is -0.487 e. The highest BCUT2D eigenvalue weighted by Gasteiger charge is 2.01. The van der Waals surface area contributed by atoms with Gasteiger partial charge in [-0.05, 0) is 24.3 Å². The molecule has 6 heteroatoms. The van der Waals surface area contributed by atoms with E-state index in [0.29, 0.717) is 23.7 Å². The van der Waals surface area contributed by atoms with Crippen molar-refractivity contribution in [3.05, 3.63) is 47.9 Å². The molecule has 0 atom stereocenters. The maximum atomic E-state index is 10.9. The zero-order valence-electron chi connectivity index (χ0n) is 10.5. The first-order chi connectivity index (χ1) is 9.19. The molecule has 0 aliphatic heterocycles. The van der Waals surface area contributed by atoms with Crippen LogP contribution in [0.15, 0.2) is 36.7 Å². The van der Waals surface area contributed by atoms with E-state index in [0.717, 1.165) is 5.69 Å². The van der Waals surface area contributed by atoms with Crippen molar-refractivity contribution in [1.82, 2.24) is 9.97 Å². The average molecular weight is 258 g/mol. The number of carbonyl (C=O) groups is 1. The van der Waals surface area contributed by atoms with E-state index < -0.39 is 5.91 Å². The molecule has 1 heterocycles. The van der Waals surface area contributed by atoms with Crippen LogP contribution in [0.3, 0.4) is 0 Å². The van der Waals surface area contributed by atoms with Crippen LogP contribution in [0.4, 0.5) is 5.82 Å². The van der Waals surface area contributed by atoms with Gasteiger partial charge in [0.25, 0.3) is 0 Å². The van der Waals surface area contributed by atoms with Gasteiger partial charge in [0.1, 0.15) is 18.2 Å². The maximum Gasteiger partial charge on any atom is 0.248 e. The summed E-state index contributed by atoms with van der Waals surface area (Å²) in [7, 11) is 1.78. The summed E-state index contributed by atoms with van der Waals surface area (Å²) in [5, 5.41) is 2.89. The summed E-state index contributed by atoms with van der Waals surface area (Å²) >= 11 is 0. The van der Waals surface area contributed by atoms with E-state index in [1.165, 1.54) is 0 Å². The van der Waals surface area contributed by atoms with Crippen molar-refractivity contribution in [3.8, 4) is 5.75 Å². The fourth-order valence-electron chi connectivity index (χ4n) is 1.43. The SMILES string of the molecule is CNc1cnc(COc2ccc(C(N)=O)cc2)cn1. The van der Waals surface area contributed by atoms with Crippen molar-refractivity contribution in [2.75, 3.05) is 12.4 Å². The number of carbonyl (C=O) groups excluding carboxylic acids is 1. The van der Waals surface area contributed by atoms with E-state index in [4.69, 9.17) is 10.5 Å². The summed E-state index contributed by atoms with van der Waals surface area (Å²) in [6.45, 7) is 0.312. The van der Waals surface area contributed by atoms with E-state index in [1.807, 2.05) is 0 Å². The third kappa shape index (κ3) is 3.41. The van der Waals surface area contributed by atoms with Crippen molar-refractivity contribution < 1.29 is 9.53 Å². The maximum absolute atomic E-state index is 10.9. The monoisotopic (exact) mass is 258 g/mol. The van der Waals surface area contributed by atoms with Crippen LogP contribution in [0.25, 0.3) is 0 Å². The molecule has 0 aliphatic rings. The molecule has 1 aromatic heterocycles. The third-order valence-electron chi connectivity index (χ3n) is 2.49. The van der Waals surface area contributed by atoms with Crippen LogP contribution in [0.5, 0.6) is 5.75 Å². The summed E-state index contributed by atoms with van der Waals surface area (Å²) in [4.78, 5) is 19.2. The van der Waals surface area contributed by atoms with Crippen LogP contribution in [-0.4, -0.2) is 22.9 Å². The van der Waals surface area contributed by atoms with E-state index in [9.17, 15) is 4.79 Å². The number of nitrogens with one attached hydrogen (secondary N) is 1. The highest BCUT2D eigenvalue weighted by atomic mass is 16.5. The Labute approximate surface area is 110 Å². The van der Waals surface area contributed by atoms with Crippen LogP contribution >= 0.6 is 0 Å². The normalized spacial score (nSPS) is 9.95. The Morgan fingerprint density at radius 2 is 2.00 bits per heavy atom. The molecule has 19 heavy (non-hydrogen) atoms. The highest BCUT2D eigenvalue weighted by Crippen LogP contribution is 2.13. The fraction of sp³-hybridized carbons (Fsp3) is 0.154. The van der Waals surface area contributed by atoms with E-state index in [1.54, 1.807) is 43.7 Å². The molecule has 98 valence electrons. The van der Waals surface area contributed by atoms with Gasteiger partial charge in [-0.25, -0.2) is 4.98 Å². The third-order valence-corrected chi connectivity index (χ3v) is 2.49. The number of nitrogens with zero attached hydrogens (tertiary/aromatic N) is 2. The van der Waals surface area contributed by atoms with E-state index in [2.05, 4.69) is 15.3 Å². The molecule has 2 aromatic rings. The second-order valence-electron chi connectivity index (χ2n) is 3.82. The van der Waals surface area contributed by atoms with Gasteiger partial charge in [0, 0.05) is 12.6 Å². The summed E-state index contributed by atoms with van der Waals surface area (Å²) < 4.78 is 5.53. The lowest BCUT2D eigenvalue weighted by atomic mass is 10.2. The number of hydrogen-bond acceptors (Lipinski definition) is 5. The Kier molecular flexibility index (Phi) is 3.92. The lowest BCUT2D eigenvalue weighted by molar-refractivity contribution is 0.100. The molecule has 0 bridgehead atoms. The molecule has 0 radical (unpaired) electrons. The van der Waals surface area contributed by atoms with Crippen molar-refractivity contribution in [3.63, 3.8) is 0 Å². The van der Waals surface area contributed by atoms with Gasteiger partial charge in [0.05, 0.1) is 18.1 Å². The molecule has 0 saturated carbocycles. The molecule has 0 unspecified atom stereocenters. The smallest absolute Gasteiger partial charge is 0.248 e. The Hall–Kier alpha value is -2.63. The van der Waals surface area contributed by atoms with Crippen LogP contribution in [0.2, 0.25) is 0 Å². The zero-order valence-corrected chi connectivity index (χ0v) is 10.5. The number of hydrogen-bond donors (Lipinski definition) is 2. The number of rotatable bonds is 5. The second-order valence-corrected chi connectivity index (χ2v) is 3.82. The summed E-state index contributed by atoms with van der Waals surface area (Å²) in [5.41, 5.74) is 6.32. The number of anilines is 1. The minimum atomic E-state index is -0.458. The van der Waals surface area contributed by atoms with E-state index in [-0.39, 0.29) is 0 Å². The first-order valence-corrected chi connectivity index (χ1v) is 5.70. The largest absolute Gasteiger partial charge is 0.487 e. The van der Waals surface area contributed by atoms with E-state index >= 15 is 0 Å². The standard InChI is InChI=1S/C13H14N4O2/c1-15-12-7-16-10(6-17-12)8-19-11-4-2-9(3-5-11)13(14)18/h2-7H,8H2,1H3,(H2,14,18)(H,15,17). The number of benzene rings is 1. The minimum absolute atomic E-state index is 0.312. The van der Waals surface area contributed by atoms with Gasteiger partial charge in [-0.3, -0.25) is 9.78 Å². The van der Waals surface area contributed by atoms with Gasteiger partial charge >= 0.3 is 0 Å². The molecule has 0 spiro atoms. The molecule has 3 N–H and O–H groups in total. The summed E-state index contributed by atoms with van der Waals surface area (Å²) in [6, 6.07) is 6.62. The fourth-order valence-corrected chi connectivity index (χ4v) is 1.43. The molecule has 6 nitrogen and oxygen atoms in total. The van der Waals surface area contributed by atoms with Crippen LogP contribution in [-0.2, 0) is 6.61 Å². The Morgan fingerprint density at radius 1 is 1.26 bits per heavy atom. The van der Waals surface area contributed by atoms with Gasteiger partial charge in [0.15, 0.2) is 0 Å². The Morgan fingerprint density at radius 3 is 2.53 bits per heavy atom. The topological polar surface area (TPSA) is 90.1 Å². The molecular weight excluding hydrogens is 244 g/mol. The van der Waals surface area contributed by atoms with Gasteiger partial charge in [-0.2, -0.15) is 0 Å². The van der Waals surface area contributed by atoms with Crippen molar-refractivity contribution in [2.24, 2.45) is 5.73 Å². The summed E-state index contributed by atoms with van der Waals surface area (Å²) in [6.07, 6.45) is 3.28. The van der Waals surface area contributed by atoms with Crippen molar-refractivity contribution in [1.29, 1.82) is 0 Å². The molecule has 0 fully saturated rings. The molecule has 0 saturated heterocycles. The Balaban J connectivity index is 1.95. The van der Waals surface area contributed by atoms with Crippen LogP contribution in [0, 0.1) is 0 Å².